The number of carbonyl (C=O) groups excluding carboxylic acids is 2. The maximum Gasteiger partial charge on any atom is 0.356 e. The summed E-state index contributed by atoms with van der Waals surface area (Å²) < 4.78 is 17.5. The minimum Gasteiger partial charge on any atom is -0.496 e. The highest BCUT2D eigenvalue weighted by Gasteiger charge is 2.29. The Kier molecular flexibility index (Phi) is 7.02. The average molecular weight is 467 g/mol. The highest BCUT2D eigenvalue weighted by atomic mass is 16.5. The predicted molar refractivity (Wildman–Crippen MR) is 129 cm³/mol. The lowest BCUT2D eigenvalue weighted by Crippen LogP contribution is -2.24. The number of hydrogen-bond acceptors (Lipinski definition) is 7. The van der Waals surface area contributed by atoms with Crippen LogP contribution in [0.5, 0.6) is 5.75 Å². The quantitative estimate of drug-likeness (QED) is 0.487. The third kappa shape index (κ3) is 4.56. The summed E-state index contributed by atoms with van der Waals surface area (Å²) in [5.41, 5.74) is 4.21. The Morgan fingerprint density at radius 1 is 1.26 bits per heavy atom. The predicted octanol–water partition coefficient (Wildman–Crippen LogP) is 3.75. The molecule has 3 heterocycles. The van der Waals surface area contributed by atoms with Crippen LogP contribution in [-0.2, 0) is 27.4 Å². The number of nitrogens with one attached hydrogen (secondary N) is 2. The molecule has 2 N–H and O–H groups in total. The molecule has 0 spiro atoms. The summed E-state index contributed by atoms with van der Waals surface area (Å²) in [5.74, 6) is -0.111. The molecule has 9 heteroatoms. The van der Waals surface area contributed by atoms with Crippen LogP contribution in [0.25, 0.3) is 11.0 Å². The first-order chi connectivity index (χ1) is 16.5. The normalized spacial score (nSPS) is 15.4. The SMILES string of the molecule is CCn1c(C(=O)OC)c(NC(=O)[C@H]2CCOC2)c2cc(NCc3ccc(OC)c(C)c3)cnc21. The summed E-state index contributed by atoms with van der Waals surface area (Å²) in [6.45, 7) is 5.92. The monoisotopic (exact) mass is 466 g/mol. The van der Waals surface area contributed by atoms with Gasteiger partial charge < -0.3 is 29.4 Å². The molecule has 3 aromatic rings. The summed E-state index contributed by atoms with van der Waals surface area (Å²) in [7, 11) is 2.98. The maximum atomic E-state index is 12.9. The highest BCUT2D eigenvalue weighted by Crippen LogP contribution is 2.33. The molecule has 1 atom stereocenters. The van der Waals surface area contributed by atoms with Crippen molar-refractivity contribution in [1.82, 2.24) is 9.55 Å². The molecule has 1 aromatic carbocycles. The molecule has 0 aliphatic carbocycles. The van der Waals surface area contributed by atoms with E-state index >= 15 is 0 Å². The van der Waals surface area contributed by atoms with E-state index in [2.05, 4.69) is 21.7 Å². The van der Waals surface area contributed by atoms with Crippen molar-refractivity contribution in [3.8, 4) is 5.75 Å². The third-order valence-electron chi connectivity index (χ3n) is 6.10. The van der Waals surface area contributed by atoms with E-state index in [1.54, 1.807) is 17.9 Å². The van der Waals surface area contributed by atoms with Gasteiger partial charge in [0.25, 0.3) is 0 Å². The molecule has 1 amide bonds. The van der Waals surface area contributed by atoms with E-state index in [0.717, 1.165) is 22.6 Å². The van der Waals surface area contributed by atoms with Gasteiger partial charge in [-0.05, 0) is 43.5 Å². The standard InChI is InChI=1S/C25H30N4O5/c1-5-29-22(25(31)33-4)21(28-24(30)17-8-9-34-14-17)19-11-18(13-27-23(19)29)26-12-16-6-7-20(32-3)15(2)10-16/h6-7,10-11,13,17,26H,5,8-9,12,14H2,1-4H3,(H,28,30)/t17-/m0/s1. The number of pyridine rings is 1. The molecule has 180 valence electrons. The van der Waals surface area contributed by atoms with Crippen LogP contribution in [0.2, 0.25) is 0 Å². The number of aryl methyl sites for hydroxylation is 2. The topological polar surface area (TPSA) is 104 Å². The van der Waals surface area contributed by atoms with Crippen molar-refractivity contribution < 1.29 is 23.8 Å². The summed E-state index contributed by atoms with van der Waals surface area (Å²) in [6, 6.07) is 7.91. The molecule has 9 nitrogen and oxygen atoms in total. The van der Waals surface area contributed by atoms with Crippen LogP contribution in [0.15, 0.2) is 30.5 Å². The van der Waals surface area contributed by atoms with E-state index in [9.17, 15) is 9.59 Å². The van der Waals surface area contributed by atoms with Crippen LogP contribution in [0.4, 0.5) is 11.4 Å². The number of ether oxygens (including phenoxy) is 3. The van der Waals surface area contributed by atoms with Crippen molar-refractivity contribution in [2.75, 3.05) is 38.1 Å². The van der Waals surface area contributed by atoms with Gasteiger partial charge in [0.1, 0.15) is 11.4 Å². The molecule has 0 radical (unpaired) electrons. The average Bonchev–Trinajstić information content (AvgIpc) is 3.49. The van der Waals surface area contributed by atoms with Gasteiger partial charge in [-0.15, -0.1) is 0 Å². The maximum absolute atomic E-state index is 12.9. The van der Waals surface area contributed by atoms with Crippen molar-refractivity contribution in [3.63, 3.8) is 0 Å². The molecule has 2 aromatic heterocycles. The van der Waals surface area contributed by atoms with Gasteiger partial charge in [-0.1, -0.05) is 12.1 Å². The molecule has 1 fully saturated rings. The second kappa shape index (κ2) is 10.1. The summed E-state index contributed by atoms with van der Waals surface area (Å²) >= 11 is 0. The molecule has 1 aliphatic heterocycles. The largest absolute Gasteiger partial charge is 0.496 e. The van der Waals surface area contributed by atoms with Crippen LogP contribution in [0.1, 0.15) is 35.0 Å². The number of fused-ring (bicyclic) bond motifs is 1. The number of esters is 1. The van der Waals surface area contributed by atoms with Gasteiger partial charge in [-0.2, -0.15) is 0 Å². The third-order valence-corrected chi connectivity index (χ3v) is 6.10. The summed E-state index contributed by atoms with van der Waals surface area (Å²) in [4.78, 5) is 30.2. The second-order valence-corrected chi connectivity index (χ2v) is 8.26. The molecule has 4 rings (SSSR count). The Bertz CT molecular complexity index is 1210. The number of aromatic nitrogens is 2. The molecule has 1 aliphatic rings. The highest BCUT2D eigenvalue weighted by molar-refractivity contribution is 6.11. The first kappa shape index (κ1) is 23.6. The second-order valence-electron chi connectivity index (χ2n) is 8.26. The first-order valence-corrected chi connectivity index (χ1v) is 11.3. The number of carbonyl (C=O) groups is 2. The van der Waals surface area contributed by atoms with Crippen LogP contribution in [0, 0.1) is 12.8 Å². The van der Waals surface area contributed by atoms with E-state index in [1.807, 2.05) is 32.0 Å². The van der Waals surface area contributed by atoms with Crippen LogP contribution >= 0.6 is 0 Å². The number of benzene rings is 1. The smallest absolute Gasteiger partial charge is 0.356 e. The van der Waals surface area contributed by atoms with Gasteiger partial charge in [0, 0.05) is 25.1 Å². The Labute approximate surface area is 198 Å². The molecule has 0 unspecified atom stereocenters. The first-order valence-electron chi connectivity index (χ1n) is 11.3. The van der Waals surface area contributed by atoms with Crippen molar-refractivity contribution in [1.29, 1.82) is 0 Å². The van der Waals surface area contributed by atoms with Gasteiger partial charge in [0.2, 0.25) is 5.91 Å². The zero-order chi connectivity index (χ0) is 24.2. The van der Waals surface area contributed by atoms with Gasteiger partial charge in [-0.3, -0.25) is 4.79 Å². The zero-order valence-electron chi connectivity index (χ0n) is 19.9. The van der Waals surface area contributed by atoms with Gasteiger partial charge in [0.05, 0.1) is 44.3 Å². The van der Waals surface area contributed by atoms with E-state index in [1.165, 1.54) is 7.11 Å². The lowest BCUT2D eigenvalue weighted by atomic mass is 10.1. The fourth-order valence-electron chi connectivity index (χ4n) is 4.29. The number of nitrogens with zero attached hydrogens (tertiary/aromatic N) is 2. The van der Waals surface area contributed by atoms with Crippen molar-refractivity contribution in [2.45, 2.75) is 33.4 Å². The number of rotatable bonds is 8. The van der Waals surface area contributed by atoms with Crippen LogP contribution < -0.4 is 15.4 Å². The lowest BCUT2D eigenvalue weighted by Gasteiger charge is -2.12. The zero-order valence-corrected chi connectivity index (χ0v) is 19.9. The summed E-state index contributed by atoms with van der Waals surface area (Å²) in [5, 5.41) is 7.02. The van der Waals surface area contributed by atoms with Crippen molar-refractivity contribution >= 4 is 34.3 Å². The molecule has 0 bridgehead atoms. The minimum absolute atomic E-state index is 0.176. The van der Waals surface area contributed by atoms with E-state index < -0.39 is 5.97 Å². The molecule has 0 saturated carbocycles. The molecule has 34 heavy (non-hydrogen) atoms. The van der Waals surface area contributed by atoms with Crippen LogP contribution in [0.3, 0.4) is 0 Å². The Balaban J connectivity index is 1.68. The Hall–Kier alpha value is -3.59. The number of hydrogen-bond donors (Lipinski definition) is 2. The van der Waals surface area contributed by atoms with Crippen molar-refractivity contribution in [3.05, 3.63) is 47.3 Å². The molecular formula is C25H30N4O5. The minimum atomic E-state index is -0.527. The Morgan fingerprint density at radius 2 is 2.09 bits per heavy atom. The van der Waals surface area contributed by atoms with Crippen molar-refractivity contribution in [2.24, 2.45) is 5.92 Å². The van der Waals surface area contributed by atoms with Gasteiger partial charge >= 0.3 is 5.97 Å². The van der Waals surface area contributed by atoms with E-state index in [0.29, 0.717) is 49.4 Å². The van der Waals surface area contributed by atoms with E-state index in [-0.39, 0.29) is 17.5 Å². The van der Waals surface area contributed by atoms with E-state index in [4.69, 9.17) is 14.2 Å². The lowest BCUT2D eigenvalue weighted by molar-refractivity contribution is -0.119. The van der Waals surface area contributed by atoms with Crippen LogP contribution in [-0.4, -0.2) is 48.9 Å². The number of anilines is 2. The fourth-order valence-corrected chi connectivity index (χ4v) is 4.29. The van der Waals surface area contributed by atoms with Gasteiger partial charge in [-0.25, -0.2) is 9.78 Å². The summed E-state index contributed by atoms with van der Waals surface area (Å²) in [6.07, 6.45) is 2.38. The van der Waals surface area contributed by atoms with Gasteiger partial charge in [0.15, 0.2) is 5.69 Å². The number of methoxy groups -OCH3 is 2. The molecule has 1 saturated heterocycles. The Morgan fingerprint density at radius 3 is 2.74 bits per heavy atom. The number of amides is 1. The fraction of sp³-hybridized carbons (Fsp3) is 0.400. The molecular weight excluding hydrogens is 436 g/mol.